The van der Waals surface area contributed by atoms with Crippen molar-refractivity contribution in [3.05, 3.63) is 78.4 Å². The van der Waals surface area contributed by atoms with Crippen molar-refractivity contribution < 1.29 is 27.9 Å². The van der Waals surface area contributed by atoms with Gasteiger partial charge in [-0.25, -0.2) is 18.0 Å². The highest BCUT2D eigenvalue weighted by molar-refractivity contribution is 7.89. The number of likely N-dealkylation sites (N-methyl/N-ethyl adjacent to an activating group) is 1. The van der Waals surface area contributed by atoms with Gasteiger partial charge in [0.05, 0.1) is 21.8 Å². The maximum absolute atomic E-state index is 12.3. The average molecular weight is 569 g/mol. The SMILES string of the molecule is CC(C)(C)OC(=O)Nc1ccc(-c2ccccc2)cc1N.CN1CCN(S(=O)(=O)c2ccc(C(=O)O)cc2)CC1. The third-order valence-corrected chi connectivity index (χ3v) is 7.91. The van der Waals surface area contributed by atoms with Gasteiger partial charge in [-0.2, -0.15) is 4.31 Å². The van der Waals surface area contributed by atoms with E-state index in [4.69, 9.17) is 15.6 Å². The zero-order valence-corrected chi connectivity index (χ0v) is 23.9. The topological polar surface area (TPSA) is 142 Å². The Morgan fingerprint density at radius 3 is 2.02 bits per heavy atom. The second-order valence-corrected chi connectivity index (χ2v) is 12.3. The summed E-state index contributed by atoms with van der Waals surface area (Å²) in [5.41, 5.74) is 8.67. The van der Waals surface area contributed by atoms with E-state index in [0.717, 1.165) is 11.1 Å². The quantitative estimate of drug-likeness (QED) is 0.379. The summed E-state index contributed by atoms with van der Waals surface area (Å²) in [4.78, 5) is 24.7. The molecule has 0 radical (unpaired) electrons. The molecule has 3 aromatic carbocycles. The number of carboxylic acids is 1. The molecule has 1 aliphatic rings. The van der Waals surface area contributed by atoms with Crippen LogP contribution in [0.4, 0.5) is 16.2 Å². The molecule has 0 unspecified atom stereocenters. The molecule has 1 heterocycles. The summed E-state index contributed by atoms with van der Waals surface area (Å²) in [5.74, 6) is -1.07. The summed E-state index contributed by atoms with van der Waals surface area (Å²) in [7, 11) is -1.56. The number of sulfonamides is 1. The van der Waals surface area contributed by atoms with E-state index in [1.807, 2.05) is 70.3 Å². The maximum atomic E-state index is 12.3. The molecule has 0 aromatic heterocycles. The third-order valence-electron chi connectivity index (χ3n) is 6.00. The predicted molar refractivity (Wildman–Crippen MR) is 156 cm³/mol. The highest BCUT2D eigenvalue weighted by atomic mass is 32.2. The number of anilines is 2. The van der Waals surface area contributed by atoms with E-state index < -0.39 is 27.7 Å². The first-order valence-corrected chi connectivity index (χ1v) is 14.2. The van der Waals surface area contributed by atoms with Crippen molar-refractivity contribution in [2.75, 3.05) is 44.3 Å². The van der Waals surface area contributed by atoms with Gasteiger partial charge in [-0.1, -0.05) is 36.4 Å². The number of hydrogen-bond donors (Lipinski definition) is 3. The molecule has 0 aliphatic carbocycles. The van der Waals surface area contributed by atoms with Gasteiger partial charge < -0.3 is 20.5 Å². The molecule has 1 saturated heterocycles. The van der Waals surface area contributed by atoms with Crippen molar-refractivity contribution in [1.29, 1.82) is 0 Å². The predicted octanol–water partition coefficient (Wildman–Crippen LogP) is 4.60. The Morgan fingerprint density at radius 2 is 1.50 bits per heavy atom. The summed E-state index contributed by atoms with van der Waals surface area (Å²) >= 11 is 0. The van der Waals surface area contributed by atoms with Gasteiger partial charge in [0.2, 0.25) is 10.0 Å². The number of ether oxygens (including phenoxy) is 1. The molecular weight excluding hydrogens is 532 g/mol. The van der Waals surface area contributed by atoms with E-state index in [1.54, 1.807) is 6.07 Å². The number of carboxylic acid groups (broad SMARTS) is 1. The number of amides is 1. The molecule has 1 aliphatic heterocycles. The lowest BCUT2D eigenvalue weighted by Gasteiger charge is -2.31. The smallest absolute Gasteiger partial charge is 0.412 e. The lowest BCUT2D eigenvalue weighted by Crippen LogP contribution is -2.46. The Bertz CT molecular complexity index is 1410. The van der Waals surface area contributed by atoms with Gasteiger partial charge in [0.1, 0.15) is 5.60 Å². The Labute approximate surface area is 235 Å². The lowest BCUT2D eigenvalue weighted by atomic mass is 10.0. The van der Waals surface area contributed by atoms with Crippen LogP contribution < -0.4 is 11.1 Å². The molecule has 11 heteroatoms. The van der Waals surface area contributed by atoms with Crippen molar-refractivity contribution in [3.63, 3.8) is 0 Å². The lowest BCUT2D eigenvalue weighted by molar-refractivity contribution is 0.0634. The first-order valence-electron chi connectivity index (χ1n) is 12.7. The number of carbonyl (C=O) groups is 2. The van der Waals surface area contributed by atoms with Crippen LogP contribution in [-0.2, 0) is 14.8 Å². The number of nitrogens with zero attached hydrogens (tertiary/aromatic N) is 2. The third kappa shape index (κ3) is 8.54. The number of benzene rings is 3. The van der Waals surface area contributed by atoms with E-state index >= 15 is 0 Å². The van der Waals surface area contributed by atoms with Crippen LogP contribution in [0.3, 0.4) is 0 Å². The molecule has 1 fully saturated rings. The zero-order chi connectivity index (χ0) is 29.5. The largest absolute Gasteiger partial charge is 0.478 e. The monoisotopic (exact) mass is 568 g/mol. The van der Waals surface area contributed by atoms with Crippen molar-refractivity contribution in [2.24, 2.45) is 0 Å². The maximum Gasteiger partial charge on any atom is 0.412 e. The highest BCUT2D eigenvalue weighted by Crippen LogP contribution is 2.27. The fraction of sp³-hybridized carbons (Fsp3) is 0.310. The van der Waals surface area contributed by atoms with Crippen LogP contribution in [0, 0.1) is 0 Å². The normalized spacial score (nSPS) is 14.5. The molecule has 0 bridgehead atoms. The van der Waals surface area contributed by atoms with Gasteiger partial charge in [0, 0.05) is 26.2 Å². The van der Waals surface area contributed by atoms with Crippen molar-refractivity contribution in [1.82, 2.24) is 9.21 Å². The molecule has 0 atom stereocenters. The van der Waals surface area contributed by atoms with Gasteiger partial charge in [-0.15, -0.1) is 0 Å². The summed E-state index contributed by atoms with van der Waals surface area (Å²) in [6.45, 7) is 7.76. The summed E-state index contributed by atoms with van der Waals surface area (Å²) in [6, 6.07) is 20.8. The zero-order valence-electron chi connectivity index (χ0n) is 23.1. The van der Waals surface area contributed by atoms with Crippen LogP contribution in [0.25, 0.3) is 11.1 Å². The van der Waals surface area contributed by atoms with Gasteiger partial charge in [0.25, 0.3) is 0 Å². The molecule has 3 aromatic rings. The number of nitrogens with two attached hydrogens (primary N) is 1. The van der Waals surface area contributed by atoms with Crippen LogP contribution >= 0.6 is 0 Å². The minimum Gasteiger partial charge on any atom is -0.478 e. The molecule has 0 spiro atoms. The van der Waals surface area contributed by atoms with Crippen molar-refractivity contribution in [2.45, 2.75) is 31.3 Å². The first kappa shape index (κ1) is 30.6. The molecular formula is C29H36N4O6S. The Kier molecular flexibility index (Phi) is 9.91. The molecule has 0 saturated carbocycles. The number of nitrogen functional groups attached to an aromatic ring is 1. The van der Waals surface area contributed by atoms with E-state index in [-0.39, 0.29) is 10.5 Å². The Hall–Kier alpha value is -3.93. The minimum atomic E-state index is -3.51. The van der Waals surface area contributed by atoms with Crippen molar-refractivity contribution >= 4 is 33.5 Å². The van der Waals surface area contributed by atoms with E-state index in [0.29, 0.717) is 37.6 Å². The number of piperazine rings is 1. The van der Waals surface area contributed by atoms with Crippen LogP contribution in [0.2, 0.25) is 0 Å². The highest BCUT2D eigenvalue weighted by Gasteiger charge is 2.27. The molecule has 10 nitrogen and oxygen atoms in total. The van der Waals surface area contributed by atoms with Crippen LogP contribution in [0.5, 0.6) is 0 Å². The van der Waals surface area contributed by atoms with Crippen molar-refractivity contribution in [3.8, 4) is 11.1 Å². The molecule has 4 rings (SSSR count). The first-order chi connectivity index (χ1) is 18.8. The second kappa shape index (κ2) is 12.9. The Balaban J connectivity index is 0.000000222. The van der Waals surface area contributed by atoms with E-state index in [1.165, 1.54) is 28.6 Å². The van der Waals surface area contributed by atoms with Gasteiger partial charge >= 0.3 is 12.1 Å². The van der Waals surface area contributed by atoms with Crippen LogP contribution in [-0.4, -0.2) is 73.6 Å². The molecule has 214 valence electrons. The molecule has 4 N–H and O–H groups in total. The number of aromatic carboxylic acids is 1. The fourth-order valence-corrected chi connectivity index (χ4v) is 5.27. The minimum absolute atomic E-state index is 0.0809. The van der Waals surface area contributed by atoms with Gasteiger partial charge in [-0.05, 0) is 75.3 Å². The Morgan fingerprint density at radius 1 is 0.900 bits per heavy atom. The number of nitrogens with one attached hydrogen (secondary N) is 1. The van der Waals surface area contributed by atoms with Crippen LogP contribution in [0.15, 0.2) is 77.7 Å². The number of carbonyl (C=O) groups excluding carboxylic acids is 1. The van der Waals surface area contributed by atoms with E-state index in [9.17, 15) is 18.0 Å². The summed E-state index contributed by atoms with van der Waals surface area (Å²) in [5, 5.41) is 11.5. The molecule has 1 amide bonds. The average Bonchev–Trinajstić information content (AvgIpc) is 2.90. The number of rotatable bonds is 5. The summed E-state index contributed by atoms with van der Waals surface area (Å²) in [6.07, 6.45) is -0.512. The van der Waals surface area contributed by atoms with E-state index in [2.05, 4.69) is 10.2 Å². The summed E-state index contributed by atoms with van der Waals surface area (Å²) < 4.78 is 31.3. The molecule has 40 heavy (non-hydrogen) atoms. The standard InChI is InChI=1S/C17H20N2O2.C12H16N2O4S/c1-17(2,3)21-16(20)19-15-10-9-13(11-14(15)18)12-7-5-4-6-8-12;1-13-6-8-14(9-7-13)19(17,18)11-4-2-10(3-5-11)12(15)16/h4-11H,18H2,1-3H3,(H,19,20);2-5H,6-9H2,1H3,(H,15,16). The van der Waals surface area contributed by atoms with Crippen LogP contribution in [0.1, 0.15) is 31.1 Å². The van der Waals surface area contributed by atoms with Gasteiger partial charge in [0.15, 0.2) is 0 Å². The fourth-order valence-electron chi connectivity index (χ4n) is 3.85. The van der Waals surface area contributed by atoms with Gasteiger partial charge in [-0.3, -0.25) is 5.32 Å². The second-order valence-electron chi connectivity index (χ2n) is 10.3. The number of hydrogen-bond acceptors (Lipinski definition) is 7.